The molecule has 4 nitrogen and oxygen atoms in total. The highest BCUT2D eigenvalue weighted by molar-refractivity contribution is 5.89. The molecule has 20 heavy (non-hydrogen) atoms. The Hall–Kier alpha value is -2.49. The van der Waals surface area contributed by atoms with Crippen LogP contribution in [0, 0.1) is 0 Å². The van der Waals surface area contributed by atoms with Crippen molar-refractivity contribution in [2.24, 2.45) is 0 Å². The second-order valence-corrected chi connectivity index (χ2v) is 4.55. The predicted molar refractivity (Wildman–Crippen MR) is 78.3 cm³/mol. The Balaban J connectivity index is 2.15. The Morgan fingerprint density at radius 2 is 1.90 bits per heavy atom. The Bertz CT molecular complexity index is 606. The third-order valence-corrected chi connectivity index (χ3v) is 2.95. The van der Waals surface area contributed by atoms with Crippen LogP contribution in [-0.4, -0.2) is 11.1 Å². The molecule has 0 bridgehead atoms. The van der Waals surface area contributed by atoms with Gasteiger partial charge in [0.05, 0.1) is 11.3 Å². The van der Waals surface area contributed by atoms with Gasteiger partial charge < -0.3 is 15.6 Å². The molecule has 0 saturated heterocycles. The van der Waals surface area contributed by atoms with Crippen LogP contribution < -0.4 is 10.5 Å². The highest BCUT2D eigenvalue weighted by Gasteiger charge is 2.08. The van der Waals surface area contributed by atoms with Gasteiger partial charge in [-0.2, -0.15) is 0 Å². The average Bonchev–Trinajstić information content (AvgIpc) is 2.43. The fourth-order valence-corrected chi connectivity index (χ4v) is 1.91. The Morgan fingerprint density at radius 1 is 1.20 bits per heavy atom. The number of aryl methyl sites for hydroxylation is 1. The molecule has 0 fully saturated rings. The molecule has 104 valence electrons. The van der Waals surface area contributed by atoms with Crippen LogP contribution in [0.5, 0.6) is 11.5 Å². The van der Waals surface area contributed by atoms with E-state index in [1.54, 1.807) is 6.07 Å². The van der Waals surface area contributed by atoms with Crippen molar-refractivity contribution in [1.29, 1.82) is 0 Å². The zero-order valence-corrected chi connectivity index (χ0v) is 11.3. The first-order chi connectivity index (χ1) is 9.60. The van der Waals surface area contributed by atoms with E-state index in [1.807, 2.05) is 24.3 Å². The number of aromatic carboxylic acids is 1. The van der Waals surface area contributed by atoms with Crippen molar-refractivity contribution in [1.82, 2.24) is 0 Å². The van der Waals surface area contributed by atoms with Gasteiger partial charge in [0.25, 0.3) is 0 Å². The summed E-state index contributed by atoms with van der Waals surface area (Å²) in [4.78, 5) is 10.8. The summed E-state index contributed by atoms with van der Waals surface area (Å²) in [6, 6.07) is 12.2. The predicted octanol–water partition coefficient (Wildman–Crippen LogP) is 3.71. The Labute approximate surface area is 117 Å². The first-order valence-corrected chi connectivity index (χ1v) is 6.49. The van der Waals surface area contributed by atoms with Crippen molar-refractivity contribution in [2.45, 2.75) is 19.8 Å². The van der Waals surface area contributed by atoms with Crippen LogP contribution in [-0.2, 0) is 6.42 Å². The summed E-state index contributed by atoms with van der Waals surface area (Å²) in [5.74, 6) is 0.130. The summed E-state index contributed by atoms with van der Waals surface area (Å²) in [5.41, 5.74) is 7.51. The molecule has 0 radical (unpaired) electrons. The first kappa shape index (κ1) is 13.9. The van der Waals surface area contributed by atoms with E-state index in [-0.39, 0.29) is 5.56 Å². The van der Waals surface area contributed by atoms with E-state index in [9.17, 15) is 4.79 Å². The van der Waals surface area contributed by atoms with Crippen LogP contribution in [0.1, 0.15) is 29.3 Å². The number of carboxylic acids is 1. The maximum Gasteiger partial charge on any atom is 0.335 e. The van der Waals surface area contributed by atoms with Gasteiger partial charge in [0.15, 0.2) is 0 Å². The number of ether oxygens (including phenoxy) is 1. The largest absolute Gasteiger partial charge is 0.478 e. The summed E-state index contributed by atoms with van der Waals surface area (Å²) >= 11 is 0. The molecule has 0 spiro atoms. The summed E-state index contributed by atoms with van der Waals surface area (Å²) in [5, 5.41) is 8.87. The fraction of sp³-hybridized carbons (Fsp3) is 0.188. The molecule has 2 aromatic carbocycles. The number of carbonyl (C=O) groups is 1. The number of anilines is 1. The minimum atomic E-state index is -1.01. The number of benzene rings is 2. The van der Waals surface area contributed by atoms with E-state index in [0.29, 0.717) is 17.2 Å². The van der Waals surface area contributed by atoms with Gasteiger partial charge in [-0.25, -0.2) is 4.79 Å². The molecule has 0 amide bonds. The van der Waals surface area contributed by atoms with Gasteiger partial charge in [-0.1, -0.05) is 25.5 Å². The highest BCUT2D eigenvalue weighted by atomic mass is 16.5. The average molecular weight is 271 g/mol. The lowest BCUT2D eigenvalue weighted by Gasteiger charge is -2.09. The van der Waals surface area contributed by atoms with Crippen molar-refractivity contribution in [3.05, 3.63) is 53.6 Å². The van der Waals surface area contributed by atoms with Crippen LogP contribution in [0.4, 0.5) is 5.69 Å². The molecule has 0 aliphatic carbocycles. The van der Waals surface area contributed by atoms with Crippen molar-refractivity contribution in [2.75, 3.05) is 5.73 Å². The lowest BCUT2D eigenvalue weighted by molar-refractivity contribution is 0.0697. The van der Waals surface area contributed by atoms with E-state index in [0.717, 1.165) is 12.8 Å². The lowest BCUT2D eigenvalue weighted by atomic mass is 10.1. The topological polar surface area (TPSA) is 72.5 Å². The molecule has 0 aliphatic heterocycles. The molecule has 2 rings (SSSR count). The van der Waals surface area contributed by atoms with Gasteiger partial charge in [-0.3, -0.25) is 0 Å². The van der Waals surface area contributed by atoms with Gasteiger partial charge in [0.1, 0.15) is 11.5 Å². The third kappa shape index (κ3) is 3.29. The summed E-state index contributed by atoms with van der Waals surface area (Å²) < 4.78 is 5.66. The van der Waals surface area contributed by atoms with E-state index in [2.05, 4.69) is 6.92 Å². The Morgan fingerprint density at radius 3 is 2.45 bits per heavy atom. The third-order valence-electron chi connectivity index (χ3n) is 2.95. The minimum absolute atomic E-state index is 0.146. The molecule has 0 aliphatic rings. The zero-order valence-electron chi connectivity index (χ0n) is 11.3. The van der Waals surface area contributed by atoms with E-state index in [4.69, 9.17) is 15.6 Å². The Kier molecular flexibility index (Phi) is 4.25. The quantitative estimate of drug-likeness (QED) is 0.813. The van der Waals surface area contributed by atoms with Gasteiger partial charge in [-0.15, -0.1) is 0 Å². The molecule has 3 N–H and O–H groups in total. The first-order valence-electron chi connectivity index (χ1n) is 6.49. The maximum atomic E-state index is 10.8. The van der Waals surface area contributed by atoms with Crippen LogP contribution in [0.15, 0.2) is 42.5 Å². The summed E-state index contributed by atoms with van der Waals surface area (Å²) in [7, 11) is 0. The number of hydrogen-bond acceptors (Lipinski definition) is 3. The highest BCUT2D eigenvalue weighted by Crippen LogP contribution is 2.28. The van der Waals surface area contributed by atoms with Gasteiger partial charge >= 0.3 is 5.97 Å². The van der Waals surface area contributed by atoms with Crippen molar-refractivity contribution in [3.63, 3.8) is 0 Å². The molecular weight excluding hydrogens is 254 g/mol. The summed E-state index contributed by atoms with van der Waals surface area (Å²) in [6.07, 6.45) is 2.14. The van der Waals surface area contributed by atoms with Crippen LogP contribution >= 0.6 is 0 Å². The van der Waals surface area contributed by atoms with Crippen LogP contribution in [0.25, 0.3) is 0 Å². The molecule has 0 atom stereocenters. The number of nitrogens with two attached hydrogens (primary N) is 1. The standard InChI is InChI=1S/C16H17NO3/c1-2-3-11-4-7-13(8-5-11)20-15-9-6-12(16(18)19)10-14(15)17/h4-10H,2-3,17H2,1H3,(H,18,19). The van der Waals surface area contributed by atoms with Gasteiger partial charge in [0.2, 0.25) is 0 Å². The molecule has 2 aromatic rings. The molecular formula is C16H17NO3. The van der Waals surface area contributed by atoms with E-state index >= 15 is 0 Å². The van der Waals surface area contributed by atoms with Crippen molar-refractivity contribution in [3.8, 4) is 11.5 Å². The summed E-state index contributed by atoms with van der Waals surface area (Å²) in [6.45, 7) is 2.13. The van der Waals surface area contributed by atoms with E-state index in [1.165, 1.54) is 17.7 Å². The molecule has 0 unspecified atom stereocenters. The number of carboxylic acid groups (broad SMARTS) is 1. The monoisotopic (exact) mass is 271 g/mol. The SMILES string of the molecule is CCCc1ccc(Oc2ccc(C(=O)O)cc2N)cc1. The minimum Gasteiger partial charge on any atom is -0.478 e. The van der Waals surface area contributed by atoms with Crippen LogP contribution in [0.3, 0.4) is 0 Å². The van der Waals surface area contributed by atoms with E-state index < -0.39 is 5.97 Å². The van der Waals surface area contributed by atoms with Gasteiger partial charge in [0, 0.05) is 0 Å². The second-order valence-electron chi connectivity index (χ2n) is 4.55. The molecule has 4 heteroatoms. The van der Waals surface area contributed by atoms with Crippen molar-refractivity contribution >= 4 is 11.7 Å². The molecule has 0 saturated carbocycles. The number of rotatable bonds is 5. The van der Waals surface area contributed by atoms with Gasteiger partial charge in [-0.05, 0) is 42.3 Å². The molecule has 0 heterocycles. The number of hydrogen-bond donors (Lipinski definition) is 2. The fourth-order valence-electron chi connectivity index (χ4n) is 1.91. The normalized spacial score (nSPS) is 10.2. The lowest BCUT2D eigenvalue weighted by Crippen LogP contribution is -1.99. The zero-order chi connectivity index (χ0) is 14.5. The maximum absolute atomic E-state index is 10.8. The number of nitrogen functional groups attached to an aromatic ring is 1. The smallest absolute Gasteiger partial charge is 0.335 e. The molecule has 0 aromatic heterocycles. The van der Waals surface area contributed by atoms with Crippen LogP contribution in [0.2, 0.25) is 0 Å². The second kappa shape index (κ2) is 6.10. The van der Waals surface area contributed by atoms with Crippen molar-refractivity contribution < 1.29 is 14.6 Å².